The van der Waals surface area contributed by atoms with Gasteiger partial charge in [0, 0.05) is 4.47 Å². The molecule has 1 fully saturated rings. The zero-order valence-corrected chi connectivity index (χ0v) is 11.8. The van der Waals surface area contributed by atoms with Crippen LogP contribution < -0.4 is 5.32 Å². The van der Waals surface area contributed by atoms with Gasteiger partial charge in [-0.1, -0.05) is 29.3 Å². The third kappa shape index (κ3) is 3.08. The first-order valence-corrected chi connectivity index (χ1v) is 7.17. The van der Waals surface area contributed by atoms with Crippen molar-refractivity contribution in [2.45, 2.75) is 32.1 Å². The van der Waals surface area contributed by atoms with E-state index in [0.717, 1.165) is 29.5 Å². The van der Waals surface area contributed by atoms with E-state index in [1.54, 1.807) is 12.1 Å². The molecule has 1 aromatic rings. The second-order valence-corrected chi connectivity index (χ2v) is 5.69. The van der Waals surface area contributed by atoms with E-state index in [-0.39, 0.29) is 5.82 Å². The fraction of sp³-hybridized carbons (Fsp3) is 0.571. The van der Waals surface area contributed by atoms with E-state index < -0.39 is 0 Å². The molecule has 1 aliphatic carbocycles. The van der Waals surface area contributed by atoms with Crippen molar-refractivity contribution in [1.29, 1.82) is 0 Å². The maximum Gasteiger partial charge on any atom is 0.126 e. The smallest absolute Gasteiger partial charge is 0.126 e. The lowest BCUT2D eigenvalue weighted by atomic mass is 9.88. The Morgan fingerprint density at radius 1 is 1.41 bits per heavy atom. The van der Waals surface area contributed by atoms with Gasteiger partial charge in [0.15, 0.2) is 0 Å². The number of hydrogen-bond acceptors (Lipinski definition) is 1. The first-order valence-electron chi connectivity index (χ1n) is 6.38. The number of hydrogen-bond donors (Lipinski definition) is 1. The number of halogens is 2. The molecule has 1 nitrogen and oxygen atoms in total. The molecule has 0 bridgehead atoms. The molecule has 17 heavy (non-hydrogen) atoms. The van der Waals surface area contributed by atoms with Crippen LogP contribution in [-0.4, -0.2) is 13.1 Å². The summed E-state index contributed by atoms with van der Waals surface area (Å²) in [6.07, 6.45) is 3.54. The zero-order chi connectivity index (χ0) is 12.3. The van der Waals surface area contributed by atoms with E-state index in [0.29, 0.717) is 11.8 Å². The van der Waals surface area contributed by atoms with E-state index in [1.165, 1.54) is 12.8 Å². The Bertz CT molecular complexity index is 380. The average molecular weight is 300 g/mol. The van der Waals surface area contributed by atoms with Crippen molar-refractivity contribution in [2.75, 3.05) is 13.1 Å². The molecule has 1 saturated carbocycles. The predicted molar refractivity (Wildman–Crippen MR) is 72.7 cm³/mol. The van der Waals surface area contributed by atoms with Gasteiger partial charge in [0.2, 0.25) is 0 Å². The Morgan fingerprint density at radius 3 is 3.00 bits per heavy atom. The van der Waals surface area contributed by atoms with Crippen LogP contribution >= 0.6 is 15.9 Å². The number of nitrogens with one attached hydrogen (secondary N) is 1. The van der Waals surface area contributed by atoms with Crippen LogP contribution in [0.15, 0.2) is 22.7 Å². The van der Waals surface area contributed by atoms with Crippen molar-refractivity contribution in [3.63, 3.8) is 0 Å². The topological polar surface area (TPSA) is 12.0 Å². The van der Waals surface area contributed by atoms with E-state index in [4.69, 9.17) is 0 Å². The highest BCUT2D eigenvalue weighted by atomic mass is 79.9. The third-order valence-corrected chi connectivity index (χ3v) is 4.17. The summed E-state index contributed by atoms with van der Waals surface area (Å²) in [5, 5.41) is 3.39. The van der Waals surface area contributed by atoms with Crippen LogP contribution in [0.25, 0.3) is 0 Å². The van der Waals surface area contributed by atoms with Crippen molar-refractivity contribution in [3.8, 4) is 0 Å². The summed E-state index contributed by atoms with van der Waals surface area (Å²) in [5.74, 6) is 0.909. The van der Waals surface area contributed by atoms with Crippen LogP contribution in [0.5, 0.6) is 0 Å². The van der Waals surface area contributed by atoms with Crippen molar-refractivity contribution >= 4 is 15.9 Å². The van der Waals surface area contributed by atoms with Gasteiger partial charge in [0.1, 0.15) is 5.82 Å². The zero-order valence-electron chi connectivity index (χ0n) is 10.2. The minimum absolute atomic E-state index is 0.0541. The normalized spacial score (nSPS) is 24.2. The Morgan fingerprint density at radius 2 is 2.24 bits per heavy atom. The minimum Gasteiger partial charge on any atom is -0.317 e. The molecule has 94 valence electrons. The molecule has 0 aromatic heterocycles. The molecule has 2 atom stereocenters. The van der Waals surface area contributed by atoms with E-state index in [1.807, 2.05) is 6.07 Å². The standard InChI is InChI=1S/C14H19BrFN/c1-2-17-9-10-4-3-5-12(10)13-8-11(15)6-7-14(13)16/h6-8,10,12,17H,2-5,9H2,1H3. The summed E-state index contributed by atoms with van der Waals surface area (Å²) < 4.78 is 14.9. The van der Waals surface area contributed by atoms with Gasteiger partial charge in [0.25, 0.3) is 0 Å². The maximum absolute atomic E-state index is 13.9. The van der Waals surface area contributed by atoms with Crippen molar-refractivity contribution in [2.24, 2.45) is 5.92 Å². The van der Waals surface area contributed by atoms with Crippen LogP contribution in [0.1, 0.15) is 37.7 Å². The Labute approximate surface area is 111 Å². The van der Waals surface area contributed by atoms with Crippen molar-refractivity contribution in [3.05, 3.63) is 34.1 Å². The molecule has 2 unspecified atom stereocenters. The van der Waals surface area contributed by atoms with Gasteiger partial charge in [-0.3, -0.25) is 0 Å². The lowest BCUT2D eigenvalue weighted by Gasteiger charge is -2.21. The highest BCUT2D eigenvalue weighted by Gasteiger charge is 2.30. The predicted octanol–water partition coefficient (Wildman–Crippen LogP) is 4.08. The van der Waals surface area contributed by atoms with Gasteiger partial charge in [0.05, 0.1) is 0 Å². The summed E-state index contributed by atoms with van der Waals surface area (Å²) in [6, 6.07) is 5.29. The van der Waals surface area contributed by atoms with Crippen LogP contribution in [0.4, 0.5) is 4.39 Å². The summed E-state index contributed by atoms with van der Waals surface area (Å²) in [6.45, 7) is 4.11. The van der Waals surface area contributed by atoms with E-state index in [9.17, 15) is 4.39 Å². The molecular weight excluding hydrogens is 281 g/mol. The quantitative estimate of drug-likeness (QED) is 0.883. The summed E-state index contributed by atoms with van der Waals surface area (Å²) in [4.78, 5) is 0. The lowest BCUT2D eigenvalue weighted by molar-refractivity contribution is 0.437. The summed E-state index contributed by atoms with van der Waals surface area (Å²) in [7, 11) is 0. The molecule has 0 radical (unpaired) electrons. The summed E-state index contributed by atoms with van der Waals surface area (Å²) in [5.41, 5.74) is 0.889. The lowest BCUT2D eigenvalue weighted by Crippen LogP contribution is -2.24. The van der Waals surface area contributed by atoms with E-state index >= 15 is 0 Å². The highest BCUT2D eigenvalue weighted by Crippen LogP contribution is 2.40. The van der Waals surface area contributed by atoms with Gasteiger partial charge in [-0.05, 0) is 61.5 Å². The molecule has 0 amide bonds. The fourth-order valence-corrected chi connectivity index (χ4v) is 3.20. The molecule has 0 spiro atoms. The second kappa shape index (κ2) is 5.96. The average Bonchev–Trinajstić information content (AvgIpc) is 2.77. The third-order valence-electron chi connectivity index (χ3n) is 3.67. The molecule has 1 aromatic carbocycles. The molecule has 2 rings (SSSR count). The molecule has 3 heteroatoms. The van der Waals surface area contributed by atoms with Gasteiger partial charge in [-0.2, -0.15) is 0 Å². The summed E-state index contributed by atoms with van der Waals surface area (Å²) >= 11 is 3.43. The van der Waals surface area contributed by atoms with Crippen molar-refractivity contribution in [1.82, 2.24) is 5.32 Å². The van der Waals surface area contributed by atoms with Gasteiger partial charge in [-0.15, -0.1) is 0 Å². The molecule has 1 aliphatic rings. The van der Waals surface area contributed by atoms with E-state index in [2.05, 4.69) is 28.2 Å². The van der Waals surface area contributed by atoms with Gasteiger partial charge >= 0.3 is 0 Å². The molecule has 0 saturated heterocycles. The Balaban J connectivity index is 2.16. The van der Waals surface area contributed by atoms with Crippen molar-refractivity contribution < 1.29 is 4.39 Å². The number of benzene rings is 1. The molecular formula is C14H19BrFN. The first kappa shape index (κ1) is 13.0. The monoisotopic (exact) mass is 299 g/mol. The van der Waals surface area contributed by atoms with Crippen LogP contribution in [-0.2, 0) is 0 Å². The molecule has 1 N–H and O–H groups in total. The maximum atomic E-state index is 13.9. The largest absolute Gasteiger partial charge is 0.317 e. The van der Waals surface area contributed by atoms with Gasteiger partial charge in [-0.25, -0.2) is 4.39 Å². The first-order chi connectivity index (χ1) is 8.22. The van der Waals surface area contributed by atoms with Crippen LogP contribution in [0.2, 0.25) is 0 Å². The number of rotatable bonds is 4. The van der Waals surface area contributed by atoms with Gasteiger partial charge < -0.3 is 5.32 Å². The minimum atomic E-state index is -0.0541. The Kier molecular flexibility index (Phi) is 4.57. The van der Waals surface area contributed by atoms with Crippen LogP contribution in [0.3, 0.4) is 0 Å². The molecule has 0 heterocycles. The molecule has 0 aliphatic heterocycles. The fourth-order valence-electron chi connectivity index (χ4n) is 2.82. The SMILES string of the molecule is CCNCC1CCCC1c1cc(Br)ccc1F. The highest BCUT2D eigenvalue weighted by molar-refractivity contribution is 9.10. The Hall–Kier alpha value is -0.410. The van der Waals surface area contributed by atoms with Crippen LogP contribution in [0, 0.1) is 11.7 Å². The second-order valence-electron chi connectivity index (χ2n) is 4.77.